The lowest BCUT2D eigenvalue weighted by molar-refractivity contribution is -0.300. The van der Waals surface area contributed by atoms with Crippen LogP contribution in [0.5, 0.6) is 0 Å². The van der Waals surface area contributed by atoms with Crippen LogP contribution in [0, 0.1) is 46.3 Å². The molecule has 0 aromatic heterocycles. The predicted molar refractivity (Wildman–Crippen MR) is 107 cm³/mol. The van der Waals surface area contributed by atoms with Gasteiger partial charge in [-0.05, 0) is 60.7 Å². The Hall–Kier alpha value is -0.950. The van der Waals surface area contributed by atoms with Gasteiger partial charge < -0.3 is 5.11 Å². The van der Waals surface area contributed by atoms with E-state index in [2.05, 4.69) is 0 Å². The molecule has 1 N–H and O–H groups in total. The molecule has 4 rings (SSSR count). The van der Waals surface area contributed by atoms with Gasteiger partial charge in [0.15, 0.2) is 0 Å². The summed E-state index contributed by atoms with van der Waals surface area (Å²) >= 11 is 0. The minimum absolute atomic E-state index is 0.000128. The summed E-state index contributed by atoms with van der Waals surface area (Å²) < 4.78 is 91.3. The summed E-state index contributed by atoms with van der Waals surface area (Å²) in [5.74, 6) is -15.4. The number of alkyl halides is 6. The van der Waals surface area contributed by atoms with Crippen LogP contribution in [0.3, 0.4) is 0 Å². The number of rotatable bonds is 4. The Bertz CT molecular complexity index is 770. The van der Waals surface area contributed by atoms with E-state index in [-0.39, 0.29) is 31.6 Å². The number of carboxylic acids is 1. The Labute approximate surface area is 185 Å². The maximum absolute atomic E-state index is 15.9. The minimum atomic E-state index is -3.26. The molecule has 4 aliphatic rings. The molecule has 2 unspecified atom stereocenters. The SMILES string of the molecule is C[C@H](CCC(=O)O)C1CC[C@H]2[C@H]3[C@H](CC(F)(F)[C@]12C)C1(C)CCC(F)(F)C[C@H]1CC3(F)F. The third-order valence-electron chi connectivity index (χ3n) is 10.3. The Kier molecular flexibility index (Phi) is 5.50. The molecule has 0 amide bonds. The van der Waals surface area contributed by atoms with Crippen LogP contribution in [-0.2, 0) is 4.79 Å². The summed E-state index contributed by atoms with van der Waals surface area (Å²) in [4.78, 5) is 11.0. The predicted octanol–water partition coefficient (Wildman–Crippen LogP) is 7.27. The van der Waals surface area contributed by atoms with Crippen molar-refractivity contribution in [1.82, 2.24) is 0 Å². The van der Waals surface area contributed by atoms with Crippen molar-refractivity contribution >= 4 is 5.97 Å². The van der Waals surface area contributed by atoms with Crippen LogP contribution in [0.25, 0.3) is 0 Å². The number of carboxylic acid groups (broad SMARTS) is 1. The average Bonchev–Trinajstić information content (AvgIpc) is 3.00. The van der Waals surface area contributed by atoms with Gasteiger partial charge in [-0.25, -0.2) is 26.3 Å². The largest absolute Gasteiger partial charge is 0.481 e. The second-order valence-corrected chi connectivity index (χ2v) is 11.8. The van der Waals surface area contributed by atoms with Crippen molar-refractivity contribution in [2.24, 2.45) is 46.3 Å². The number of aliphatic carboxylic acids is 1. The van der Waals surface area contributed by atoms with Crippen LogP contribution in [0.15, 0.2) is 0 Å². The first-order valence-corrected chi connectivity index (χ1v) is 11.9. The molecular weight excluding hydrogens is 434 g/mol. The van der Waals surface area contributed by atoms with Gasteiger partial charge in [0, 0.05) is 43.4 Å². The standard InChI is InChI=1S/C24H34F6O2/c1-13(4-7-18(31)32)15-5-6-16-19-17(12-24(29,30)21(15,16)3)20(2)8-9-22(25,26)10-14(20)11-23(19,27)28/h13-17,19H,4-12H2,1-3H3,(H,31,32)/t13-,14+,15?,16+,17+,19+,20?,21-/m1/s1. The molecule has 8 heteroatoms. The van der Waals surface area contributed by atoms with Crippen molar-refractivity contribution in [3.63, 3.8) is 0 Å². The first-order chi connectivity index (χ1) is 14.6. The Morgan fingerprint density at radius 1 is 0.969 bits per heavy atom. The van der Waals surface area contributed by atoms with E-state index in [9.17, 15) is 13.6 Å². The van der Waals surface area contributed by atoms with Gasteiger partial charge in [0.1, 0.15) is 0 Å². The van der Waals surface area contributed by atoms with E-state index in [1.165, 1.54) is 6.92 Å². The van der Waals surface area contributed by atoms with Gasteiger partial charge in [-0.2, -0.15) is 0 Å². The number of halogens is 6. The summed E-state index contributed by atoms with van der Waals surface area (Å²) in [5.41, 5.74) is -2.58. The van der Waals surface area contributed by atoms with E-state index in [1.54, 1.807) is 13.8 Å². The second kappa shape index (κ2) is 7.27. The molecular formula is C24H34F6O2. The number of carbonyl (C=O) groups is 1. The van der Waals surface area contributed by atoms with Crippen molar-refractivity contribution in [3.05, 3.63) is 0 Å². The highest BCUT2D eigenvalue weighted by Gasteiger charge is 2.75. The lowest BCUT2D eigenvalue weighted by Crippen LogP contribution is -2.66. The molecule has 0 aromatic rings. The minimum Gasteiger partial charge on any atom is -0.481 e. The monoisotopic (exact) mass is 468 g/mol. The zero-order valence-corrected chi connectivity index (χ0v) is 19.0. The first kappa shape index (κ1) is 24.2. The van der Waals surface area contributed by atoms with Crippen LogP contribution >= 0.6 is 0 Å². The Morgan fingerprint density at radius 2 is 1.62 bits per heavy atom. The van der Waals surface area contributed by atoms with Crippen molar-refractivity contribution < 1.29 is 36.2 Å². The number of hydrogen-bond donors (Lipinski definition) is 1. The second-order valence-electron chi connectivity index (χ2n) is 11.8. The van der Waals surface area contributed by atoms with Crippen molar-refractivity contribution in [1.29, 1.82) is 0 Å². The van der Waals surface area contributed by atoms with Gasteiger partial charge in [-0.3, -0.25) is 4.79 Å². The van der Waals surface area contributed by atoms with Crippen LogP contribution in [-0.4, -0.2) is 28.8 Å². The average molecular weight is 469 g/mol. The normalized spacial score (nSPS) is 47.1. The molecule has 0 spiro atoms. The molecule has 2 nitrogen and oxygen atoms in total. The highest BCUT2D eigenvalue weighted by atomic mass is 19.3. The summed E-state index contributed by atoms with van der Waals surface area (Å²) in [7, 11) is 0. The molecule has 0 aromatic carbocycles. The molecule has 0 bridgehead atoms. The maximum Gasteiger partial charge on any atom is 0.303 e. The van der Waals surface area contributed by atoms with Crippen LogP contribution in [0.4, 0.5) is 26.3 Å². The third-order valence-corrected chi connectivity index (χ3v) is 10.3. The van der Waals surface area contributed by atoms with E-state index in [4.69, 9.17) is 5.11 Å². The highest BCUT2D eigenvalue weighted by molar-refractivity contribution is 5.66. The molecule has 32 heavy (non-hydrogen) atoms. The molecule has 8 atom stereocenters. The van der Waals surface area contributed by atoms with Gasteiger partial charge in [0.2, 0.25) is 5.92 Å². The molecule has 0 radical (unpaired) electrons. The van der Waals surface area contributed by atoms with Crippen molar-refractivity contribution in [3.8, 4) is 0 Å². The Morgan fingerprint density at radius 3 is 2.25 bits per heavy atom. The van der Waals surface area contributed by atoms with E-state index in [1.807, 2.05) is 0 Å². The highest BCUT2D eigenvalue weighted by Crippen LogP contribution is 2.74. The fourth-order valence-corrected chi connectivity index (χ4v) is 8.50. The smallest absolute Gasteiger partial charge is 0.303 e. The zero-order chi connectivity index (χ0) is 23.9. The van der Waals surface area contributed by atoms with E-state index < -0.39 is 89.8 Å². The van der Waals surface area contributed by atoms with Gasteiger partial charge >= 0.3 is 5.97 Å². The molecule has 0 aliphatic heterocycles. The van der Waals surface area contributed by atoms with Crippen LogP contribution < -0.4 is 0 Å². The molecule has 0 heterocycles. The van der Waals surface area contributed by atoms with Gasteiger partial charge in [-0.15, -0.1) is 0 Å². The van der Waals surface area contributed by atoms with E-state index in [0.717, 1.165) is 0 Å². The number of fused-ring (bicyclic) bond motifs is 5. The maximum atomic E-state index is 15.9. The zero-order valence-electron chi connectivity index (χ0n) is 19.0. The fraction of sp³-hybridized carbons (Fsp3) is 0.958. The van der Waals surface area contributed by atoms with Gasteiger partial charge in [-0.1, -0.05) is 20.8 Å². The summed E-state index contributed by atoms with van der Waals surface area (Å²) in [6, 6.07) is 0. The molecule has 184 valence electrons. The molecule has 4 aliphatic carbocycles. The summed E-state index contributed by atoms with van der Waals surface area (Å²) in [6.45, 7) is 4.88. The van der Waals surface area contributed by atoms with Gasteiger partial charge in [0.05, 0.1) is 0 Å². The Balaban J connectivity index is 1.71. The van der Waals surface area contributed by atoms with E-state index in [0.29, 0.717) is 6.42 Å². The molecule has 0 saturated heterocycles. The molecule has 4 fully saturated rings. The van der Waals surface area contributed by atoms with Crippen LogP contribution in [0.2, 0.25) is 0 Å². The van der Waals surface area contributed by atoms with Crippen LogP contribution in [0.1, 0.15) is 78.6 Å². The van der Waals surface area contributed by atoms with Gasteiger partial charge in [0.25, 0.3) is 11.8 Å². The molecule has 4 saturated carbocycles. The topological polar surface area (TPSA) is 37.3 Å². The fourth-order valence-electron chi connectivity index (χ4n) is 8.50. The van der Waals surface area contributed by atoms with Crippen molar-refractivity contribution in [2.75, 3.05) is 0 Å². The summed E-state index contributed by atoms with van der Waals surface area (Å²) in [5, 5.41) is 9.00. The lowest BCUT2D eigenvalue weighted by Gasteiger charge is -2.64. The third kappa shape index (κ3) is 3.40. The van der Waals surface area contributed by atoms with Crippen molar-refractivity contribution in [2.45, 2.75) is 96.3 Å². The first-order valence-electron chi connectivity index (χ1n) is 11.9. The summed E-state index contributed by atoms with van der Waals surface area (Å²) in [6.07, 6.45) is -1.71. The van der Waals surface area contributed by atoms with E-state index >= 15 is 17.6 Å². The number of hydrogen-bond acceptors (Lipinski definition) is 1. The quantitative estimate of drug-likeness (QED) is 0.441. The lowest BCUT2D eigenvalue weighted by atomic mass is 9.42.